The molecule has 0 saturated carbocycles. The maximum Gasteiger partial charge on any atom is 0.275 e. The summed E-state index contributed by atoms with van der Waals surface area (Å²) in [6, 6.07) is 5.10. The molecule has 3 N–H and O–H groups in total. The number of benzene rings is 1. The number of hydrogen-bond donors (Lipinski definition) is 2. The number of likely N-dealkylation sites (tertiary alicyclic amines) is 1. The van der Waals surface area contributed by atoms with Gasteiger partial charge in [-0.1, -0.05) is 11.6 Å². The third-order valence-corrected chi connectivity index (χ3v) is 4.88. The summed E-state index contributed by atoms with van der Waals surface area (Å²) >= 11 is 0. The van der Waals surface area contributed by atoms with Crippen molar-refractivity contribution in [3.05, 3.63) is 29.5 Å². The van der Waals surface area contributed by atoms with Gasteiger partial charge >= 0.3 is 0 Å². The van der Waals surface area contributed by atoms with Gasteiger partial charge in [-0.3, -0.25) is 14.7 Å². The summed E-state index contributed by atoms with van der Waals surface area (Å²) < 4.78 is 0. The van der Waals surface area contributed by atoms with E-state index >= 15 is 0 Å². The number of nitrogens with zero attached hydrogens (tertiary/aromatic N) is 3. The second kappa shape index (κ2) is 6.84. The van der Waals surface area contributed by atoms with Crippen LogP contribution >= 0.6 is 0 Å². The van der Waals surface area contributed by atoms with Crippen LogP contribution in [0.15, 0.2) is 18.2 Å². The number of aromatic amines is 1. The molecule has 134 valence electrons. The van der Waals surface area contributed by atoms with Crippen molar-refractivity contribution in [1.29, 1.82) is 0 Å². The van der Waals surface area contributed by atoms with E-state index in [0.29, 0.717) is 31.7 Å². The number of carbonyl (C=O) groups is 2. The number of H-pyrrole nitrogens is 1. The lowest BCUT2D eigenvalue weighted by Crippen LogP contribution is -2.47. The van der Waals surface area contributed by atoms with Gasteiger partial charge in [0.15, 0.2) is 5.69 Å². The molecule has 3 rings (SSSR count). The maximum atomic E-state index is 13.1. The molecule has 1 aromatic heterocycles. The number of hydrogen-bond acceptors (Lipinski definition) is 4. The molecule has 1 fully saturated rings. The SMILES string of the molecule is CCN(CC)C(=O)[C@@H]1C[C@H](N)CN1C(=O)c1n[nH]c2ccc(C)cc12. The van der Waals surface area contributed by atoms with Gasteiger partial charge in [-0.05, 0) is 39.3 Å². The maximum absolute atomic E-state index is 13.1. The predicted molar refractivity (Wildman–Crippen MR) is 96.2 cm³/mol. The Balaban J connectivity index is 1.93. The van der Waals surface area contributed by atoms with E-state index in [1.54, 1.807) is 9.80 Å². The van der Waals surface area contributed by atoms with E-state index < -0.39 is 6.04 Å². The van der Waals surface area contributed by atoms with Crippen molar-refractivity contribution in [2.24, 2.45) is 5.73 Å². The largest absolute Gasteiger partial charge is 0.341 e. The standard InChI is InChI=1S/C18H25N5O2/c1-4-22(5-2)17(24)15-9-12(19)10-23(15)18(25)16-13-8-11(3)6-7-14(13)20-21-16/h6-8,12,15H,4-5,9-10,19H2,1-3H3,(H,20,21)/t12-,15-/m0/s1. The fourth-order valence-electron chi connectivity index (χ4n) is 3.50. The fourth-order valence-corrected chi connectivity index (χ4v) is 3.50. The van der Waals surface area contributed by atoms with Gasteiger partial charge < -0.3 is 15.5 Å². The van der Waals surface area contributed by atoms with E-state index in [-0.39, 0.29) is 17.9 Å². The first-order valence-corrected chi connectivity index (χ1v) is 8.76. The second-order valence-electron chi connectivity index (χ2n) is 6.60. The second-order valence-corrected chi connectivity index (χ2v) is 6.60. The van der Waals surface area contributed by atoms with Crippen LogP contribution in [0.1, 0.15) is 36.3 Å². The molecule has 0 bridgehead atoms. The highest BCUT2D eigenvalue weighted by molar-refractivity contribution is 6.06. The molecule has 2 aromatic rings. The van der Waals surface area contributed by atoms with Crippen molar-refractivity contribution >= 4 is 22.7 Å². The predicted octanol–water partition coefficient (Wildman–Crippen LogP) is 1.28. The number of rotatable bonds is 4. The van der Waals surface area contributed by atoms with Crippen molar-refractivity contribution in [2.75, 3.05) is 19.6 Å². The summed E-state index contributed by atoms with van der Waals surface area (Å²) in [5.74, 6) is -0.280. The van der Waals surface area contributed by atoms with E-state index in [9.17, 15) is 9.59 Å². The number of nitrogens with two attached hydrogens (primary N) is 1. The van der Waals surface area contributed by atoms with Crippen LogP contribution in [0.5, 0.6) is 0 Å². The van der Waals surface area contributed by atoms with Crippen molar-refractivity contribution < 1.29 is 9.59 Å². The zero-order chi connectivity index (χ0) is 18.1. The van der Waals surface area contributed by atoms with Crippen LogP contribution in [0, 0.1) is 6.92 Å². The average molecular weight is 343 g/mol. The molecular weight excluding hydrogens is 318 g/mol. The molecule has 0 radical (unpaired) electrons. The van der Waals surface area contributed by atoms with Crippen LogP contribution in [0.4, 0.5) is 0 Å². The van der Waals surface area contributed by atoms with E-state index in [1.165, 1.54) is 0 Å². The number of fused-ring (bicyclic) bond motifs is 1. The zero-order valence-corrected chi connectivity index (χ0v) is 15.0. The number of aromatic nitrogens is 2. The summed E-state index contributed by atoms with van der Waals surface area (Å²) in [5, 5.41) is 7.88. The van der Waals surface area contributed by atoms with Gasteiger partial charge in [-0.15, -0.1) is 0 Å². The Labute approximate surface area is 147 Å². The zero-order valence-electron chi connectivity index (χ0n) is 15.0. The van der Waals surface area contributed by atoms with Crippen LogP contribution in [0.2, 0.25) is 0 Å². The molecule has 2 amide bonds. The Morgan fingerprint density at radius 3 is 2.76 bits per heavy atom. The van der Waals surface area contributed by atoms with Crippen LogP contribution in [-0.4, -0.2) is 63.5 Å². The van der Waals surface area contributed by atoms with Crippen molar-refractivity contribution in [3.8, 4) is 0 Å². The van der Waals surface area contributed by atoms with Crippen LogP contribution in [-0.2, 0) is 4.79 Å². The van der Waals surface area contributed by atoms with Gasteiger partial charge in [-0.25, -0.2) is 0 Å². The van der Waals surface area contributed by atoms with Gasteiger partial charge in [0.1, 0.15) is 6.04 Å². The molecule has 1 aromatic carbocycles. The first-order chi connectivity index (χ1) is 12.0. The number of likely N-dealkylation sites (N-methyl/N-ethyl adjacent to an activating group) is 1. The molecule has 1 aliphatic heterocycles. The van der Waals surface area contributed by atoms with Gasteiger partial charge in [0.2, 0.25) is 5.91 Å². The summed E-state index contributed by atoms with van der Waals surface area (Å²) in [5.41, 5.74) is 8.29. The lowest BCUT2D eigenvalue weighted by atomic mass is 10.1. The fraction of sp³-hybridized carbons (Fsp3) is 0.500. The van der Waals surface area contributed by atoms with Crippen molar-refractivity contribution in [1.82, 2.24) is 20.0 Å². The molecule has 0 spiro atoms. The molecule has 25 heavy (non-hydrogen) atoms. The number of aryl methyl sites for hydroxylation is 1. The monoisotopic (exact) mass is 343 g/mol. The summed E-state index contributed by atoms with van der Waals surface area (Å²) in [7, 11) is 0. The Kier molecular flexibility index (Phi) is 4.76. The lowest BCUT2D eigenvalue weighted by Gasteiger charge is -2.28. The van der Waals surface area contributed by atoms with Crippen molar-refractivity contribution in [3.63, 3.8) is 0 Å². The summed E-state index contributed by atoms with van der Waals surface area (Å²) in [6.07, 6.45) is 0.489. The van der Waals surface area contributed by atoms with Crippen molar-refractivity contribution in [2.45, 2.75) is 39.3 Å². The number of amides is 2. The topological polar surface area (TPSA) is 95.3 Å². The minimum absolute atomic E-state index is 0.0395. The Hall–Kier alpha value is -2.41. The molecule has 0 unspecified atom stereocenters. The highest BCUT2D eigenvalue weighted by atomic mass is 16.2. The van der Waals surface area contributed by atoms with E-state index in [0.717, 1.165) is 16.5 Å². The summed E-state index contributed by atoms with van der Waals surface area (Å²) in [4.78, 5) is 29.2. The highest BCUT2D eigenvalue weighted by Gasteiger charge is 2.40. The van der Waals surface area contributed by atoms with E-state index in [1.807, 2.05) is 39.0 Å². The van der Waals surface area contributed by atoms with E-state index in [2.05, 4.69) is 10.2 Å². The Morgan fingerprint density at radius 2 is 2.08 bits per heavy atom. The molecule has 2 atom stereocenters. The quantitative estimate of drug-likeness (QED) is 0.874. The molecule has 0 aliphatic carbocycles. The molecule has 7 heteroatoms. The van der Waals surface area contributed by atoms with Crippen LogP contribution < -0.4 is 5.73 Å². The Morgan fingerprint density at radius 1 is 1.36 bits per heavy atom. The highest BCUT2D eigenvalue weighted by Crippen LogP contribution is 2.24. The van der Waals surface area contributed by atoms with Gasteiger partial charge in [0, 0.05) is 31.1 Å². The smallest absolute Gasteiger partial charge is 0.275 e. The van der Waals surface area contributed by atoms with E-state index in [4.69, 9.17) is 5.73 Å². The molecular formula is C18H25N5O2. The first kappa shape index (κ1) is 17.4. The molecule has 1 aliphatic rings. The van der Waals surface area contributed by atoms with Crippen LogP contribution in [0.25, 0.3) is 10.9 Å². The first-order valence-electron chi connectivity index (χ1n) is 8.76. The molecule has 1 saturated heterocycles. The average Bonchev–Trinajstić information content (AvgIpc) is 3.18. The van der Waals surface area contributed by atoms with Gasteiger partial charge in [0.05, 0.1) is 5.52 Å². The number of carbonyl (C=O) groups excluding carboxylic acids is 2. The molecule has 2 heterocycles. The van der Waals surface area contributed by atoms with Gasteiger partial charge in [0.25, 0.3) is 5.91 Å². The third-order valence-electron chi connectivity index (χ3n) is 4.88. The lowest BCUT2D eigenvalue weighted by molar-refractivity contribution is -0.134. The van der Waals surface area contributed by atoms with Gasteiger partial charge in [-0.2, -0.15) is 5.10 Å². The minimum Gasteiger partial charge on any atom is -0.341 e. The molecule has 7 nitrogen and oxygen atoms in total. The normalized spacial score (nSPS) is 20.2. The minimum atomic E-state index is -0.515. The van der Waals surface area contributed by atoms with Crippen LogP contribution in [0.3, 0.4) is 0 Å². The Bertz CT molecular complexity index is 796. The third kappa shape index (κ3) is 3.11. The number of nitrogens with one attached hydrogen (secondary N) is 1. The summed E-state index contributed by atoms with van der Waals surface area (Å²) in [6.45, 7) is 7.45.